The Kier molecular flexibility index (Phi) is 8.34. The fraction of sp³-hybridized carbons (Fsp3) is 0.407. The van der Waals surface area contributed by atoms with Crippen LogP contribution in [0.25, 0.3) is 5.76 Å². The highest BCUT2D eigenvalue weighted by atomic mass is 16.5. The number of ketones is 1. The summed E-state index contributed by atoms with van der Waals surface area (Å²) in [6, 6.07) is 13.3. The first kappa shape index (κ1) is 25.3. The van der Waals surface area contributed by atoms with Crippen LogP contribution < -0.4 is 9.47 Å². The van der Waals surface area contributed by atoms with Gasteiger partial charge in [-0.05, 0) is 63.9 Å². The molecule has 1 N–H and O–H groups in total. The summed E-state index contributed by atoms with van der Waals surface area (Å²) < 4.78 is 16.6. The largest absolute Gasteiger partial charge is 0.507 e. The second kappa shape index (κ2) is 11.2. The molecule has 1 saturated heterocycles. The Hall–Kier alpha value is -3.32. The molecule has 34 heavy (non-hydrogen) atoms. The predicted octanol–water partition coefficient (Wildman–Crippen LogP) is 4.72. The van der Waals surface area contributed by atoms with Crippen molar-refractivity contribution >= 4 is 17.4 Å². The van der Waals surface area contributed by atoms with E-state index in [1.54, 1.807) is 55.6 Å². The molecule has 1 aliphatic rings. The van der Waals surface area contributed by atoms with Gasteiger partial charge in [-0.25, -0.2) is 0 Å². The molecule has 1 fully saturated rings. The first-order valence-electron chi connectivity index (χ1n) is 11.5. The first-order chi connectivity index (χ1) is 16.2. The van der Waals surface area contributed by atoms with Crippen LogP contribution in [0.2, 0.25) is 0 Å². The van der Waals surface area contributed by atoms with E-state index < -0.39 is 17.7 Å². The van der Waals surface area contributed by atoms with Gasteiger partial charge in [-0.15, -0.1) is 0 Å². The topological polar surface area (TPSA) is 85.3 Å². The predicted molar refractivity (Wildman–Crippen MR) is 130 cm³/mol. The number of likely N-dealkylation sites (tertiary alicyclic amines) is 1. The second-order valence-corrected chi connectivity index (χ2v) is 8.73. The number of ether oxygens (including phenoxy) is 3. The highest BCUT2D eigenvalue weighted by Gasteiger charge is 2.45. The molecule has 0 aliphatic carbocycles. The third kappa shape index (κ3) is 5.78. The molecule has 182 valence electrons. The first-order valence-corrected chi connectivity index (χ1v) is 11.5. The molecule has 7 nitrogen and oxygen atoms in total. The number of hydrogen-bond donors (Lipinski definition) is 1. The molecule has 0 aromatic heterocycles. The van der Waals surface area contributed by atoms with Crippen molar-refractivity contribution in [1.29, 1.82) is 0 Å². The minimum absolute atomic E-state index is 0.0460. The fourth-order valence-electron chi connectivity index (χ4n) is 3.94. The number of nitrogens with zero attached hydrogens (tertiary/aromatic N) is 1. The Morgan fingerprint density at radius 1 is 1.00 bits per heavy atom. The SMILES string of the molecule is COc1ccc(C2/C(=C(/O)c3cccc(OC(C)C)c3)C(=O)C(=O)N2CCCOC(C)C)cc1. The number of amides is 1. The van der Waals surface area contributed by atoms with E-state index in [0.29, 0.717) is 42.2 Å². The van der Waals surface area contributed by atoms with Gasteiger partial charge in [0.25, 0.3) is 11.7 Å². The Labute approximate surface area is 200 Å². The third-order valence-corrected chi connectivity index (χ3v) is 5.45. The lowest BCUT2D eigenvalue weighted by molar-refractivity contribution is -0.140. The van der Waals surface area contributed by atoms with E-state index in [2.05, 4.69) is 0 Å². The van der Waals surface area contributed by atoms with Crippen LogP contribution in [0.3, 0.4) is 0 Å². The van der Waals surface area contributed by atoms with Crippen molar-refractivity contribution in [2.24, 2.45) is 0 Å². The number of carbonyl (C=O) groups is 2. The molecule has 0 bridgehead atoms. The minimum Gasteiger partial charge on any atom is -0.507 e. The van der Waals surface area contributed by atoms with Gasteiger partial charge in [-0.1, -0.05) is 24.3 Å². The molecule has 3 rings (SSSR count). The molecule has 0 radical (unpaired) electrons. The maximum absolute atomic E-state index is 13.1. The van der Waals surface area contributed by atoms with Gasteiger partial charge >= 0.3 is 0 Å². The number of benzene rings is 2. The average Bonchev–Trinajstić information content (AvgIpc) is 3.06. The van der Waals surface area contributed by atoms with Crippen molar-refractivity contribution < 1.29 is 28.9 Å². The zero-order chi connectivity index (χ0) is 24.8. The van der Waals surface area contributed by atoms with E-state index in [-0.39, 0.29) is 23.5 Å². The van der Waals surface area contributed by atoms with Crippen molar-refractivity contribution in [3.05, 3.63) is 65.2 Å². The maximum atomic E-state index is 13.1. The van der Waals surface area contributed by atoms with Crippen LogP contribution in [0.4, 0.5) is 0 Å². The Balaban J connectivity index is 2.03. The van der Waals surface area contributed by atoms with E-state index in [1.807, 2.05) is 27.7 Å². The van der Waals surface area contributed by atoms with Gasteiger partial charge in [0.1, 0.15) is 17.3 Å². The second-order valence-electron chi connectivity index (χ2n) is 8.73. The average molecular weight is 468 g/mol. The normalized spacial score (nSPS) is 17.6. The number of methoxy groups -OCH3 is 1. The van der Waals surface area contributed by atoms with Crippen LogP contribution in [-0.4, -0.2) is 54.2 Å². The highest BCUT2D eigenvalue weighted by molar-refractivity contribution is 6.46. The molecule has 1 atom stereocenters. The van der Waals surface area contributed by atoms with Gasteiger partial charge in [-0.2, -0.15) is 0 Å². The van der Waals surface area contributed by atoms with Crippen molar-refractivity contribution in [3.63, 3.8) is 0 Å². The quantitative estimate of drug-likeness (QED) is 0.236. The standard InChI is InChI=1S/C27H33NO6/c1-17(2)33-15-7-14-28-24(19-10-12-21(32-5)13-11-19)23(26(30)27(28)31)25(29)20-8-6-9-22(16-20)34-18(3)4/h6,8-13,16-18,24,29H,7,14-15H2,1-5H3/b25-23-. The number of aliphatic hydroxyl groups excluding tert-OH is 1. The number of carbonyl (C=O) groups excluding carboxylic acids is 2. The van der Waals surface area contributed by atoms with Crippen LogP contribution in [0.15, 0.2) is 54.1 Å². The molecule has 2 aromatic carbocycles. The Bertz CT molecular complexity index is 1040. The smallest absolute Gasteiger partial charge is 0.295 e. The van der Waals surface area contributed by atoms with Crippen LogP contribution >= 0.6 is 0 Å². The summed E-state index contributed by atoms with van der Waals surface area (Å²) in [5.74, 6) is -0.348. The number of rotatable bonds is 10. The molecule has 0 saturated carbocycles. The van der Waals surface area contributed by atoms with Gasteiger partial charge in [0.2, 0.25) is 0 Å². The summed E-state index contributed by atoms with van der Waals surface area (Å²) in [5.41, 5.74) is 1.18. The lowest BCUT2D eigenvalue weighted by Gasteiger charge is -2.25. The summed E-state index contributed by atoms with van der Waals surface area (Å²) in [5, 5.41) is 11.2. The molecule has 1 unspecified atom stereocenters. The minimum atomic E-state index is -0.723. The monoisotopic (exact) mass is 467 g/mol. The van der Waals surface area contributed by atoms with E-state index >= 15 is 0 Å². The van der Waals surface area contributed by atoms with Crippen LogP contribution in [0.5, 0.6) is 11.5 Å². The van der Waals surface area contributed by atoms with Gasteiger partial charge in [0.05, 0.1) is 30.9 Å². The Morgan fingerprint density at radius 2 is 1.71 bits per heavy atom. The van der Waals surface area contributed by atoms with Crippen molar-refractivity contribution in [3.8, 4) is 11.5 Å². The summed E-state index contributed by atoms with van der Waals surface area (Å²) in [4.78, 5) is 27.7. The van der Waals surface area contributed by atoms with E-state index in [0.717, 1.165) is 0 Å². The van der Waals surface area contributed by atoms with Crippen LogP contribution in [-0.2, 0) is 14.3 Å². The number of Topliss-reactive ketones (excluding diaryl/α,β-unsaturated/α-hetero) is 1. The lowest BCUT2D eigenvalue weighted by atomic mass is 9.95. The van der Waals surface area contributed by atoms with Crippen LogP contribution in [0, 0.1) is 0 Å². The highest BCUT2D eigenvalue weighted by Crippen LogP contribution is 2.40. The zero-order valence-electron chi connectivity index (χ0n) is 20.4. The lowest BCUT2D eigenvalue weighted by Crippen LogP contribution is -2.31. The van der Waals surface area contributed by atoms with Crippen molar-refractivity contribution in [1.82, 2.24) is 4.90 Å². The van der Waals surface area contributed by atoms with Gasteiger partial charge < -0.3 is 24.2 Å². The molecular weight excluding hydrogens is 434 g/mol. The molecule has 7 heteroatoms. The molecule has 1 aliphatic heterocycles. The summed E-state index contributed by atoms with van der Waals surface area (Å²) in [6.45, 7) is 8.49. The molecule has 1 amide bonds. The van der Waals surface area contributed by atoms with E-state index in [9.17, 15) is 14.7 Å². The molecule has 1 heterocycles. The summed E-state index contributed by atoms with van der Waals surface area (Å²) in [6.07, 6.45) is 0.596. The maximum Gasteiger partial charge on any atom is 0.295 e. The number of aliphatic hydroxyl groups is 1. The molecule has 2 aromatic rings. The van der Waals surface area contributed by atoms with Gasteiger partial charge in [-0.3, -0.25) is 9.59 Å². The summed E-state index contributed by atoms with van der Waals surface area (Å²) >= 11 is 0. The third-order valence-electron chi connectivity index (χ3n) is 5.45. The van der Waals surface area contributed by atoms with E-state index in [1.165, 1.54) is 4.90 Å². The Morgan fingerprint density at radius 3 is 2.32 bits per heavy atom. The molecule has 0 spiro atoms. The fourth-order valence-corrected chi connectivity index (χ4v) is 3.94. The zero-order valence-corrected chi connectivity index (χ0v) is 20.4. The van der Waals surface area contributed by atoms with Crippen molar-refractivity contribution in [2.45, 2.75) is 52.4 Å². The summed E-state index contributed by atoms with van der Waals surface area (Å²) in [7, 11) is 1.57. The van der Waals surface area contributed by atoms with E-state index in [4.69, 9.17) is 14.2 Å². The molecular formula is C27H33NO6. The number of hydrogen-bond acceptors (Lipinski definition) is 6. The van der Waals surface area contributed by atoms with Crippen molar-refractivity contribution in [2.75, 3.05) is 20.3 Å². The van der Waals surface area contributed by atoms with Gasteiger partial charge in [0.15, 0.2) is 0 Å². The van der Waals surface area contributed by atoms with Gasteiger partial charge in [0, 0.05) is 18.7 Å². The van der Waals surface area contributed by atoms with Crippen LogP contribution in [0.1, 0.15) is 51.3 Å².